The first-order valence-electron chi connectivity index (χ1n) is 6.73. The van der Waals surface area contributed by atoms with Gasteiger partial charge in [0.15, 0.2) is 6.61 Å². The molecule has 0 bridgehead atoms. The van der Waals surface area contributed by atoms with Crippen molar-refractivity contribution in [2.75, 3.05) is 6.61 Å². The number of amides is 3. The lowest BCUT2D eigenvalue weighted by Gasteiger charge is -2.09. The molecule has 23 heavy (non-hydrogen) atoms. The molecule has 0 aliphatic rings. The number of benzene rings is 1. The zero-order valence-electron chi connectivity index (χ0n) is 12.9. The average molecular weight is 323 g/mol. The molecule has 0 saturated carbocycles. The second-order valence-corrected chi connectivity index (χ2v) is 4.98. The maximum absolute atomic E-state index is 11.9. The number of nitro benzene ring substituents is 1. The number of hydrogen-bond donors (Lipinski definition) is 2. The van der Waals surface area contributed by atoms with E-state index in [1.807, 2.05) is 5.32 Å². The maximum atomic E-state index is 11.9. The maximum Gasteiger partial charge on any atom is 0.345 e. The van der Waals surface area contributed by atoms with Crippen molar-refractivity contribution in [2.24, 2.45) is 0 Å². The normalized spacial score (nSPS) is 10.1. The Kier molecular flexibility index (Phi) is 6.19. The highest BCUT2D eigenvalue weighted by Gasteiger charge is 2.24. The van der Waals surface area contributed by atoms with E-state index < -0.39 is 29.4 Å². The summed E-state index contributed by atoms with van der Waals surface area (Å²) < 4.78 is 4.71. The number of nitrogens with zero attached hydrogens (tertiary/aromatic N) is 1. The zero-order valence-corrected chi connectivity index (χ0v) is 12.9. The number of nitrogens with one attached hydrogen (secondary N) is 2. The number of para-hydroxylation sites is 1. The van der Waals surface area contributed by atoms with Gasteiger partial charge in [-0.3, -0.25) is 20.2 Å². The summed E-state index contributed by atoms with van der Waals surface area (Å²) in [6.45, 7) is 4.18. The average Bonchev–Trinajstić information content (AvgIpc) is 2.42. The van der Waals surface area contributed by atoms with Crippen LogP contribution in [0.4, 0.5) is 10.5 Å². The lowest BCUT2D eigenvalue weighted by Crippen LogP contribution is -2.44. The van der Waals surface area contributed by atoms with E-state index in [0.29, 0.717) is 5.56 Å². The Hall–Kier alpha value is -2.97. The number of imide groups is 1. The van der Waals surface area contributed by atoms with Crippen LogP contribution in [-0.2, 0) is 9.53 Å². The van der Waals surface area contributed by atoms with Crippen molar-refractivity contribution >= 4 is 23.6 Å². The fraction of sp³-hybridized carbons (Fsp3) is 0.357. The Bertz CT molecular complexity index is 641. The Morgan fingerprint density at radius 2 is 1.96 bits per heavy atom. The fourth-order valence-electron chi connectivity index (χ4n) is 1.74. The first-order valence-corrected chi connectivity index (χ1v) is 6.73. The summed E-state index contributed by atoms with van der Waals surface area (Å²) >= 11 is 0. The number of urea groups is 1. The predicted octanol–water partition coefficient (Wildman–Crippen LogP) is 1.29. The van der Waals surface area contributed by atoms with E-state index in [4.69, 9.17) is 4.74 Å². The first-order chi connectivity index (χ1) is 10.7. The van der Waals surface area contributed by atoms with Gasteiger partial charge in [-0.1, -0.05) is 12.1 Å². The summed E-state index contributed by atoms with van der Waals surface area (Å²) in [5, 5.41) is 15.4. The molecule has 0 fully saturated rings. The van der Waals surface area contributed by atoms with Crippen LogP contribution in [0.1, 0.15) is 29.8 Å². The molecule has 0 heterocycles. The standard InChI is InChI=1S/C14H17N3O6/c1-8(2)15-14(20)16-11(18)7-23-13(19)10-6-4-5-9(3)12(10)17(21)22/h4-6,8H,7H2,1-3H3,(H2,15,16,18,20). The van der Waals surface area contributed by atoms with Crippen LogP contribution >= 0.6 is 0 Å². The molecular formula is C14H17N3O6. The van der Waals surface area contributed by atoms with Crippen LogP contribution < -0.4 is 10.6 Å². The largest absolute Gasteiger partial charge is 0.452 e. The van der Waals surface area contributed by atoms with Crippen molar-refractivity contribution in [1.82, 2.24) is 10.6 Å². The molecule has 1 aromatic rings. The molecule has 0 aliphatic heterocycles. The molecule has 0 aromatic heterocycles. The van der Waals surface area contributed by atoms with Crippen molar-refractivity contribution in [2.45, 2.75) is 26.8 Å². The fourth-order valence-corrected chi connectivity index (χ4v) is 1.74. The molecule has 1 rings (SSSR count). The third kappa shape index (κ3) is 5.38. The monoisotopic (exact) mass is 323 g/mol. The number of carbonyl (C=O) groups is 3. The van der Waals surface area contributed by atoms with Crippen molar-refractivity contribution in [3.8, 4) is 0 Å². The highest BCUT2D eigenvalue weighted by molar-refractivity contribution is 5.98. The van der Waals surface area contributed by atoms with E-state index >= 15 is 0 Å². The Balaban J connectivity index is 2.68. The van der Waals surface area contributed by atoms with Gasteiger partial charge in [0.1, 0.15) is 5.56 Å². The van der Waals surface area contributed by atoms with Gasteiger partial charge >= 0.3 is 12.0 Å². The van der Waals surface area contributed by atoms with Gasteiger partial charge in [0.05, 0.1) is 4.92 Å². The number of ether oxygens (including phenoxy) is 1. The third-order valence-corrected chi connectivity index (χ3v) is 2.65. The minimum atomic E-state index is -1.01. The molecular weight excluding hydrogens is 306 g/mol. The topological polar surface area (TPSA) is 128 Å². The van der Waals surface area contributed by atoms with Crippen LogP contribution in [0.15, 0.2) is 18.2 Å². The van der Waals surface area contributed by atoms with Crippen LogP contribution in [0.25, 0.3) is 0 Å². The summed E-state index contributed by atoms with van der Waals surface area (Å²) in [7, 11) is 0. The molecule has 0 aliphatic carbocycles. The smallest absolute Gasteiger partial charge is 0.345 e. The lowest BCUT2D eigenvalue weighted by atomic mass is 10.1. The zero-order chi connectivity index (χ0) is 17.6. The van der Waals surface area contributed by atoms with Gasteiger partial charge in [0.2, 0.25) is 0 Å². The van der Waals surface area contributed by atoms with Gasteiger partial charge in [0, 0.05) is 11.6 Å². The van der Waals surface area contributed by atoms with Crippen LogP contribution in [0.3, 0.4) is 0 Å². The van der Waals surface area contributed by atoms with Gasteiger partial charge in [-0.25, -0.2) is 9.59 Å². The SMILES string of the molecule is Cc1cccc(C(=O)OCC(=O)NC(=O)NC(C)C)c1[N+](=O)[O-]. The van der Waals surface area contributed by atoms with Crippen molar-refractivity contribution in [3.63, 3.8) is 0 Å². The number of carbonyl (C=O) groups excluding carboxylic acids is 3. The van der Waals surface area contributed by atoms with Gasteiger partial charge < -0.3 is 10.1 Å². The molecule has 124 valence electrons. The quantitative estimate of drug-likeness (QED) is 0.477. The summed E-state index contributed by atoms with van der Waals surface area (Å²) in [6, 6.07) is 3.30. The minimum Gasteiger partial charge on any atom is -0.452 e. The number of aryl methyl sites for hydroxylation is 1. The molecule has 0 atom stereocenters. The van der Waals surface area contributed by atoms with Crippen LogP contribution in [-0.4, -0.2) is 35.5 Å². The highest BCUT2D eigenvalue weighted by atomic mass is 16.6. The molecule has 2 N–H and O–H groups in total. The van der Waals surface area contributed by atoms with E-state index in [9.17, 15) is 24.5 Å². The summed E-state index contributed by atoms with van der Waals surface area (Å²) in [5.74, 6) is -1.85. The van der Waals surface area contributed by atoms with E-state index in [1.54, 1.807) is 13.8 Å². The van der Waals surface area contributed by atoms with Crippen LogP contribution in [0.2, 0.25) is 0 Å². The van der Waals surface area contributed by atoms with Gasteiger partial charge in [-0.15, -0.1) is 0 Å². The Morgan fingerprint density at radius 3 is 2.52 bits per heavy atom. The molecule has 3 amide bonds. The second-order valence-electron chi connectivity index (χ2n) is 4.98. The highest BCUT2D eigenvalue weighted by Crippen LogP contribution is 2.23. The van der Waals surface area contributed by atoms with Crippen LogP contribution in [0.5, 0.6) is 0 Å². The molecule has 9 nitrogen and oxygen atoms in total. The minimum absolute atomic E-state index is 0.166. The molecule has 1 aromatic carbocycles. The summed E-state index contributed by atoms with van der Waals surface area (Å²) in [4.78, 5) is 45.0. The van der Waals surface area contributed by atoms with Crippen molar-refractivity contribution in [3.05, 3.63) is 39.4 Å². The van der Waals surface area contributed by atoms with Crippen molar-refractivity contribution in [1.29, 1.82) is 0 Å². The molecule has 0 spiro atoms. The van der Waals surface area contributed by atoms with Gasteiger partial charge in [-0.2, -0.15) is 0 Å². The summed E-state index contributed by atoms with van der Waals surface area (Å²) in [5.41, 5.74) is -0.338. The van der Waals surface area contributed by atoms with E-state index in [1.165, 1.54) is 25.1 Å². The Morgan fingerprint density at radius 1 is 1.30 bits per heavy atom. The molecule has 9 heteroatoms. The second kappa shape index (κ2) is 7.87. The van der Waals surface area contributed by atoms with E-state index in [2.05, 4.69) is 5.32 Å². The lowest BCUT2D eigenvalue weighted by molar-refractivity contribution is -0.385. The summed E-state index contributed by atoms with van der Waals surface area (Å²) in [6.07, 6.45) is 0. The number of esters is 1. The van der Waals surface area contributed by atoms with Crippen molar-refractivity contribution < 1.29 is 24.0 Å². The van der Waals surface area contributed by atoms with E-state index in [0.717, 1.165) is 0 Å². The molecule has 0 unspecified atom stereocenters. The van der Waals surface area contributed by atoms with Gasteiger partial charge in [0.25, 0.3) is 11.6 Å². The van der Waals surface area contributed by atoms with Crippen LogP contribution in [0, 0.1) is 17.0 Å². The molecule has 0 saturated heterocycles. The first kappa shape index (κ1) is 18.1. The third-order valence-electron chi connectivity index (χ3n) is 2.65. The molecule has 0 radical (unpaired) electrons. The van der Waals surface area contributed by atoms with E-state index in [-0.39, 0.29) is 17.3 Å². The number of nitro groups is 1. The number of hydrogen-bond acceptors (Lipinski definition) is 6. The predicted molar refractivity (Wildman–Crippen MR) is 79.9 cm³/mol. The number of rotatable bonds is 5. The van der Waals surface area contributed by atoms with Gasteiger partial charge in [-0.05, 0) is 26.8 Å². The Labute approximate surface area is 132 Å².